The van der Waals surface area contributed by atoms with E-state index in [1.54, 1.807) is 18.3 Å². The summed E-state index contributed by atoms with van der Waals surface area (Å²) in [6.45, 7) is 4.27. The normalized spacial score (nSPS) is 13.9. The number of hydrogen-bond donors (Lipinski definition) is 3. The standard InChI is InChI=1S/C31H26FN7/c1-18(19-5-2-3-6-19)35-23-13-21(15-33-16-23)27-14-25-28(17-34-27)38-39-30(25)31-36-26-8-4-7-24(29(26)37-31)20-9-11-22(32)12-10-20/h4,7-17,19,35H,1-3,5-6H2,(H,36,37)(H,38,39). The van der Waals surface area contributed by atoms with Crippen LogP contribution in [0.5, 0.6) is 0 Å². The molecule has 39 heavy (non-hydrogen) atoms. The van der Waals surface area contributed by atoms with E-state index in [4.69, 9.17) is 4.98 Å². The number of pyridine rings is 2. The minimum absolute atomic E-state index is 0.267. The third-order valence-electron chi connectivity index (χ3n) is 7.53. The molecule has 0 saturated heterocycles. The first kappa shape index (κ1) is 23.3. The second-order valence-electron chi connectivity index (χ2n) is 10.1. The molecule has 0 spiro atoms. The number of fused-ring (bicyclic) bond motifs is 2. The van der Waals surface area contributed by atoms with Gasteiger partial charge in [0.2, 0.25) is 0 Å². The molecule has 0 radical (unpaired) electrons. The molecule has 0 bridgehead atoms. The molecule has 7 rings (SSSR count). The van der Waals surface area contributed by atoms with Crippen molar-refractivity contribution >= 4 is 27.6 Å². The minimum Gasteiger partial charge on any atom is -0.358 e. The Kier molecular flexibility index (Phi) is 5.65. The molecule has 6 aromatic rings. The molecule has 192 valence electrons. The molecule has 1 aliphatic rings. The zero-order valence-electron chi connectivity index (χ0n) is 21.2. The predicted molar refractivity (Wildman–Crippen MR) is 152 cm³/mol. The molecule has 0 aliphatic heterocycles. The number of nitrogens with one attached hydrogen (secondary N) is 3. The van der Waals surface area contributed by atoms with Gasteiger partial charge in [0, 0.05) is 28.4 Å². The van der Waals surface area contributed by atoms with Gasteiger partial charge in [-0.1, -0.05) is 43.7 Å². The summed E-state index contributed by atoms with van der Waals surface area (Å²) in [4.78, 5) is 17.4. The molecule has 1 saturated carbocycles. The van der Waals surface area contributed by atoms with Crippen molar-refractivity contribution in [3.63, 3.8) is 0 Å². The van der Waals surface area contributed by atoms with Crippen molar-refractivity contribution in [2.75, 3.05) is 5.32 Å². The quantitative estimate of drug-likeness (QED) is 0.214. The number of H-pyrrole nitrogens is 2. The lowest BCUT2D eigenvalue weighted by molar-refractivity contribution is 0.628. The Hall–Kier alpha value is -4.85. The highest BCUT2D eigenvalue weighted by atomic mass is 19.1. The Morgan fingerprint density at radius 3 is 2.64 bits per heavy atom. The van der Waals surface area contributed by atoms with E-state index in [2.05, 4.69) is 43.1 Å². The van der Waals surface area contributed by atoms with Gasteiger partial charge < -0.3 is 10.3 Å². The Morgan fingerprint density at radius 2 is 1.79 bits per heavy atom. The van der Waals surface area contributed by atoms with Crippen LogP contribution in [-0.2, 0) is 0 Å². The smallest absolute Gasteiger partial charge is 0.159 e. The lowest BCUT2D eigenvalue weighted by Crippen LogP contribution is -2.07. The van der Waals surface area contributed by atoms with Crippen LogP contribution in [0.3, 0.4) is 0 Å². The third kappa shape index (κ3) is 4.33. The lowest BCUT2D eigenvalue weighted by atomic mass is 10.0. The number of nitrogens with zero attached hydrogens (tertiary/aromatic N) is 4. The summed E-state index contributed by atoms with van der Waals surface area (Å²) in [7, 11) is 0. The maximum Gasteiger partial charge on any atom is 0.159 e. The zero-order chi connectivity index (χ0) is 26.3. The molecule has 7 nitrogen and oxygen atoms in total. The van der Waals surface area contributed by atoms with Crippen LogP contribution in [0.15, 0.2) is 85.5 Å². The van der Waals surface area contributed by atoms with Crippen LogP contribution in [0.4, 0.5) is 10.1 Å². The number of anilines is 1. The van der Waals surface area contributed by atoms with E-state index < -0.39 is 0 Å². The highest BCUT2D eigenvalue weighted by Gasteiger charge is 2.19. The van der Waals surface area contributed by atoms with Crippen molar-refractivity contribution in [3.8, 4) is 33.9 Å². The Bertz CT molecular complexity index is 1830. The van der Waals surface area contributed by atoms with Crippen LogP contribution in [-0.4, -0.2) is 30.1 Å². The molecule has 4 aromatic heterocycles. The molecule has 0 amide bonds. The number of benzene rings is 2. The topological polar surface area (TPSA) is 95.2 Å². The summed E-state index contributed by atoms with van der Waals surface area (Å²) in [5.41, 5.74) is 8.66. The number of aromatic amines is 2. The van der Waals surface area contributed by atoms with Gasteiger partial charge in [0.15, 0.2) is 5.82 Å². The molecular weight excluding hydrogens is 489 g/mol. The number of imidazole rings is 1. The maximum absolute atomic E-state index is 13.5. The average Bonchev–Trinajstić information content (AvgIpc) is 3.73. The van der Waals surface area contributed by atoms with E-state index in [1.807, 2.05) is 36.7 Å². The highest BCUT2D eigenvalue weighted by Crippen LogP contribution is 2.34. The number of para-hydroxylation sites is 1. The van der Waals surface area contributed by atoms with Gasteiger partial charge in [0.05, 0.1) is 40.3 Å². The van der Waals surface area contributed by atoms with Crippen molar-refractivity contribution < 1.29 is 4.39 Å². The molecule has 2 aromatic carbocycles. The summed E-state index contributed by atoms with van der Waals surface area (Å²) in [6, 6.07) is 16.4. The van der Waals surface area contributed by atoms with Gasteiger partial charge >= 0.3 is 0 Å². The third-order valence-corrected chi connectivity index (χ3v) is 7.53. The Morgan fingerprint density at radius 1 is 0.949 bits per heavy atom. The molecule has 1 aliphatic carbocycles. The van der Waals surface area contributed by atoms with Gasteiger partial charge in [0.25, 0.3) is 0 Å². The molecule has 4 heterocycles. The summed E-state index contributed by atoms with van der Waals surface area (Å²) in [6.07, 6.45) is 10.3. The van der Waals surface area contributed by atoms with Gasteiger partial charge in [-0.05, 0) is 54.7 Å². The Balaban J connectivity index is 1.24. The fourth-order valence-electron chi connectivity index (χ4n) is 5.47. The van der Waals surface area contributed by atoms with Crippen molar-refractivity contribution in [2.24, 2.45) is 5.92 Å². The van der Waals surface area contributed by atoms with E-state index in [0.717, 1.165) is 55.7 Å². The number of allylic oxidation sites excluding steroid dienone is 1. The van der Waals surface area contributed by atoms with Crippen LogP contribution < -0.4 is 5.32 Å². The first-order chi connectivity index (χ1) is 19.1. The summed E-state index contributed by atoms with van der Waals surface area (Å²) in [5, 5.41) is 12.0. The van der Waals surface area contributed by atoms with Crippen LogP contribution in [0.25, 0.3) is 55.8 Å². The molecule has 3 N–H and O–H groups in total. The van der Waals surface area contributed by atoms with E-state index in [1.165, 1.54) is 37.8 Å². The minimum atomic E-state index is -0.267. The largest absolute Gasteiger partial charge is 0.358 e. The SMILES string of the molecule is C=C(Nc1cncc(-c2cc3c(-c4nc5c(-c6ccc(F)cc6)cccc5[nH]4)n[nH]c3cn2)c1)C1CCCC1. The summed E-state index contributed by atoms with van der Waals surface area (Å²) < 4.78 is 13.5. The molecular formula is C31H26FN7. The first-order valence-corrected chi connectivity index (χ1v) is 13.1. The van der Waals surface area contributed by atoms with E-state index in [0.29, 0.717) is 17.4 Å². The van der Waals surface area contributed by atoms with Crippen LogP contribution in [0.1, 0.15) is 25.7 Å². The first-order valence-electron chi connectivity index (χ1n) is 13.1. The summed E-state index contributed by atoms with van der Waals surface area (Å²) in [5.74, 6) is 0.893. The average molecular weight is 516 g/mol. The fraction of sp³-hybridized carbons (Fsp3) is 0.161. The number of hydrogen-bond acceptors (Lipinski definition) is 5. The van der Waals surface area contributed by atoms with Crippen molar-refractivity contribution in [1.29, 1.82) is 0 Å². The van der Waals surface area contributed by atoms with Gasteiger partial charge in [-0.3, -0.25) is 15.1 Å². The van der Waals surface area contributed by atoms with Crippen LogP contribution >= 0.6 is 0 Å². The van der Waals surface area contributed by atoms with Crippen molar-refractivity contribution in [3.05, 3.63) is 91.3 Å². The van der Waals surface area contributed by atoms with Gasteiger partial charge in [-0.15, -0.1) is 0 Å². The molecule has 0 unspecified atom stereocenters. The number of rotatable bonds is 6. The van der Waals surface area contributed by atoms with Crippen LogP contribution in [0.2, 0.25) is 0 Å². The van der Waals surface area contributed by atoms with E-state index in [9.17, 15) is 4.39 Å². The van der Waals surface area contributed by atoms with Gasteiger partial charge in [-0.2, -0.15) is 5.10 Å². The van der Waals surface area contributed by atoms with Gasteiger partial charge in [-0.25, -0.2) is 9.37 Å². The Labute approximate surface area is 224 Å². The zero-order valence-corrected chi connectivity index (χ0v) is 21.2. The number of aromatic nitrogens is 6. The van der Waals surface area contributed by atoms with Crippen molar-refractivity contribution in [2.45, 2.75) is 25.7 Å². The van der Waals surface area contributed by atoms with Crippen LogP contribution in [0, 0.1) is 11.7 Å². The molecule has 0 atom stereocenters. The number of halogens is 1. The predicted octanol–water partition coefficient (Wildman–Crippen LogP) is 7.49. The fourth-order valence-corrected chi connectivity index (χ4v) is 5.47. The second kappa shape index (κ2) is 9.47. The van der Waals surface area contributed by atoms with Crippen molar-refractivity contribution in [1.82, 2.24) is 30.1 Å². The van der Waals surface area contributed by atoms with E-state index in [-0.39, 0.29) is 5.82 Å². The summed E-state index contributed by atoms with van der Waals surface area (Å²) >= 11 is 0. The molecule has 1 fully saturated rings. The monoisotopic (exact) mass is 515 g/mol. The molecule has 8 heteroatoms. The van der Waals surface area contributed by atoms with E-state index >= 15 is 0 Å². The maximum atomic E-state index is 13.5. The second-order valence-corrected chi connectivity index (χ2v) is 10.1. The van der Waals surface area contributed by atoms with Gasteiger partial charge in [0.1, 0.15) is 11.5 Å². The highest BCUT2D eigenvalue weighted by molar-refractivity contribution is 5.97. The lowest BCUT2D eigenvalue weighted by Gasteiger charge is -2.15.